The number of esters is 1. The number of hydrogen-bond donors (Lipinski definition) is 0. The highest BCUT2D eigenvalue weighted by atomic mass is 16.5. The van der Waals surface area contributed by atoms with Crippen molar-refractivity contribution in [1.29, 1.82) is 0 Å². The smallest absolute Gasteiger partial charge is 0.338 e. The number of ether oxygens (including phenoxy) is 1. The Hall–Kier alpha value is -1.57. The van der Waals surface area contributed by atoms with E-state index in [4.69, 9.17) is 4.74 Å². The van der Waals surface area contributed by atoms with E-state index in [1.54, 1.807) is 13.0 Å². The first-order chi connectivity index (χ1) is 7.32. The van der Waals surface area contributed by atoms with Crippen molar-refractivity contribution >= 4 is 5.97 Å². The highest BCUT2D eigenvalue weighted by Crippen LogP contribution is 2.31. The highest BCUT2D eigenvalue weighted by molar-refractivity contribution is 5.89. The highest BCUT2D eigenvalue weighted by Gasteiger charge is 2.19. The van der Waals surface area contributed by atoms with Gasteiger partial charge in [0.2, 0.25) is 0 Å². The molecule has 2 nitrogen and oxygen atoms in total. The summed E-state index contributed by atoms with van der Waals surface area (Å²) in [6.07, 6.45) is 0. The van der Waals surface area contributed by atoms with Gasteiger partial charge in [0.05, 0.1) is 0 Å². The van der Waals surface area contributed by atoms with Crippen molar-refractivity contribution in [2.45, 2.75) is 33.1 Å². The van der Waals surface area contributed by atoms with Gasteiger partial charge in [0.15, 0.2) is 0 Å². The maximum Gasteiger partial charge on any atom is 0.338 e. The third kappa shape index (κ3) is 2.96. The van der Waals surface area contributed by atoms with Crippen LogP contribution in [0.1, 0.15) is 33.3 Å². The van der Waals surface area contributed by atoms with Gasteiger partial charge in [0.1, 0.15) is 5.75 Å². The van der Waals surface area contributed by atoms with E-state index in [0.717, 1.165) is 5.56 Å². The lowest BCUT2D eigenvalue weighted by Crippen LogP contribution is -2.16. The molecule has 1 aromatic carbocycles. The molecule has 86 valence electrons. The molecule has 0 spiro atoms. The third-order valence-electron chi connectivity index (χ3n) is 2.25. The van der Waals surface area contributed by atoms with Crippen molar-refractivity contribution in [3.8, 4) is 5.75 Å². The molecule has 0 bridgehead atoms. The van der Waals surface area contributed by atoms with Crippen molar-refractivity contribution < 1.29 is 9.53 Å². The summed E-state index contributed by atoms with van der Waals surface area (Å²) in [4.78, 5) is 11.5. The van der Waals surface area contributed by atoms with E-state index in [2.05, 4.69) is 27.4 Å². The van der Waals surface area contributed by atoms with Gasteiger partial charge in [0, 0.05) is 11.1 Å². The number of para-hydroxylation sites is 1. The minimum atomic E-state index is -0.378. The summed E-state index contributed by atoms with van der Waals surface area (Å²) >= 11 is 0. The average molecular weight is 218 g/mol. The molecule has 0 saturated heterocycles. The van der Waals surface area contributed by atoms with Gasteiger partial charge in [-0.2, -0.15) is 0 Å². The second-order valence-corrected chi connectivity index (χ2v) is 4.92. The fraction of sp³-hybridized carbons (Fsp3) is 0.357. The molecule has 0 aliphatic rings. The first-order valence-electron chi connectivity index (χ1n) is 5.29. The third-order valence-corrected chi connectivity index (χ3v) is 2.25. The van der Waals surface area contributed by atoms with Gasteiger partial charge in [-0.25, -0.2) is 4.79 Å². The molecule has 1 rings (SSSR count). The minimum absolute atomic E-state index is 0.0497. The lowest BCUT2D eigenvalue weighted by molar-refractivity contribution is -0.130. The van der Waals surface area contributed by atoms with Gasteiger partial charge in [-0.05, 0) is 18.4 Å². The van der Waals surface area contributed by atoms with Gasteiger partial charge in [-0.1, -0.05) is 45.5 Å². The van der Waals surface area contributed by atoms with Crippen molar-refractivity contribution in [3.63, 3.8) is 0 Å². The van der Waals surface area contributed by atoms with E-state index >= 15 is 0 Å². The molecule has 0 fully saturated rings. The van der Waals surface area contributed by atoms with Crippen LogP contribution in [0.5, 0.6) is 5.75 Å². The summed E-state index contributed by atoms with van der Waals surface area (Å²) in [7, 11) is 0. The second-order valence-electron chi connectivity index (χ2n) is 4.92. The first-order valence-corrected chi connectivity index (χ1v) is 5.29. The van der Waals surface area contributed by atoms with Gasteiger partial charge >= 0.3 is 5.97 Å². The number of hydrogen-bond acceptors (Lipinski definition) is 2. The predicted octanol–water partition coefficient (Wildman–Crippen LogP) is 3.47. The number of rotatable bonds is 2. The van der Waals surface area contributed by atoms with E-state index in [-0.39, 0.29) is 11.4 Å². The van der Waals surface area contributed by atoms with E-state index < -0.39 is 0 Å². The first kappa shape index (κ1) is 12.5. The van der Waals surface area contributed by atoms with Crippen LogP contribution in [0, 0.1) is 0 Å². The van der Waals surface area contributed by atoms with Crippen LogP contribution in [-0.2, 0) is 10.2 Å². The minimum Gasteiger partial charge on any atom is -0.423 e. The molecule has 0 atom stereocenters. The Kier molecular flexibility index (Phi) is 3.53. The van der Waals surface area contributed by atoms with Crippen LogP contribution in [0.25, 0.3) is 0 Å². The average Bonchev–Trinajstić information content (AvgIpc) is 2.16. The molecule has 0 heterocycles. The van der Waals surface area contributed by atoms with Gasteiger partial charge in [-0.15, -0.1) is 0 Å². The number of carbonyl (C=O) groups excluding carboxylic acids is 1. The van der Waals surface area contributed by atoms with E-state index in [1.807, 2.05) is 18.2 Å². The van der Waals surface area contributed by atoms with Gasteiger partial charge in [-0.3, -0.25) is 0 Å². The maximum absolute atomic E-state index is 11.5. The van der Waals surface area contributed by atoms with Crippen LogP contribution < -0.4 is 4.74 Å². The number of benzene rings is 1. The predicted molar refractivity (Wildman–Crippen MR) is 65.6 cm³/mol. The van der Waals surface area contributed by atoms with Crippen LogP contribution in [0.2, 0.25) is 0 Å². The molecule has 0 N–H and O–H groups in total. The molecule has 0 aliphatic carbocycles. The Bertz CT molecular complexity index is 411. The molecular weight excluding hydrogens is 200 g/mol. The van der Waals surface area contributed by atoms with E-state index in [9.17, 15) is 4.79 Å². The SMILES string of the molecule is C=C(C)C(=O)Oc1ccccc1C(C)(C)C. The van der Waals surface area contributed by atoms with Gasteiger partial charge < -0.3 is 4.74 Å². The van der Waals surface area contributed by atoms with Crippen molar-refractivity contribution in [2.24, 2.45) is 0 Å². The summed E-state index contributed by atoms with van der Waals surface area (Å²) in [5.41, 5.74) is 1.37. The summed E-state index contributed by atoms with van der Waals surface area (Å²) in [6.45, 7) is 11.5. The Balaban J connectivity index is 3.05. The fourth-order valence-corrected chi connectivity index (χ4v) is 1.36. The molecule has 0 amide bonds. The van der Waals surface area contributed by atoms with Crippen LogP contribution in [0.4, 0.5) is 0 Å². The Morgan fingerprint density at radius 3 is 2.31 bits per heavy atom. The summed E-state index contributed by atoms with van der Waals surface area (Å²) < 4.78 is 5.29. The van der Waals surface area contributed by atoms with Crippen molar-refractivity contribution in [3.05, 3.63) is 42.0 Å². The summed E-state index contributed by atoms with van der Waals surface area (Å²) in [5.74, 6) is 0.236. The molecule has 16 heavy (non-hydrogen) atoms. The number of carbonyl (C=O) groups is 1. The normalized spacial score (nSPS) is 11.0. The molecule has 0 aromatic heterocycles. The summed E-state index contributed by atoms with van der Waals surface area (Å²) in [5, 5.41) is 0. The monoisotopic (exact) mass is 218 g/mol. The second kappa shape index (κ2) is 4.52. The largest absolute Gasteiger partial charge is 0.423 e. The molecule has 0 unspecified atom stereocenters. The molecular formula is C14H18O2. The van der Waals surface area contributed by atoms with Crippen LogP contribution in [0.15, 0.2) is 36.4 Å². The van der Waals surface area contributed by atoms with Crippen LogP contribution in [0.3, 0.4) is 0 Å². The standard InChI is InChI=1S/C14H18O2/c1-10(2)13(15)16-12-9-7-6-8-11(12)14(3,4)5/h6-9H,1H2,2-5H3. The Labute approximate surface area is 96.9 Å². The molecule has 1 aromatic rings. The van der Waals surface area contributed by atoms with E-state index in [1.165, 1.54) is 0 Å². The van der Waals surface area contributed by atoms with Crippen LogP contribution >= 0.6 is 0 Å². The maximum atomic E-state index is 11.5. The fourth-order valence-electron chi connectivity index (χ4n) is 1.36. The summed E-state index contributed by atoms with van der Waals surface area (Å²) in [6, 6.07) is 7.58. The van der Waals surface area contributed by atoms with Gasteiger partial charge in [0.25, 0.3) is 0 Å². The van der Waals surface area contributed by atoms with Crippen molar-refractivity contribution in [1.82, 2.24) is 0 Å². The zero-order chi connectivity index (χ0) is 12.3. The Morgan fingerprint density at radius 1 is 1.25 bits per heavy atom. The zero-order valence-corrected chi connectivity index (χ0v) is 10.3. The quantitative estimate of drug-likeness (QED) is 0.431. The molecule has 0 aliphatic heterocycles. The molecule has 0 saturated carbocycles. The van der Waals surface area contributed by atoms with Crippen LogP contribution in [-0.4, -0.2) is 5.97 Å². The molecule has 2 heteroatoms. The Morgan fingerprint density at radius 2 is 1.81 bits per heavy atom. The lowest BCUT2D eigenvalue weighted by Gasteiger charge is -2.21. The zero-order valence-electron chi connectivity index (χ0n) is 10.3. The topological polar surface area (TPSA) is 26.3 Å². The van der Waals surface area contributed by atoms with E-state index in [0.29, 0.717) is 11.3 Å². The molecule has 0 radical (unpaired) electrons. The van der Waals surface area contributed by atoms with Crippen molar-refractivity contribution in [2.75, 3.05) is 0 Å². The lowest BCUT2D eigenvalue weighted by atomic mass is 9.86.